The van der Waals surface area contributed by atoms with Crippen LogP contribution in [-0.2, 0) is 15.8 Å². The third-order valence-electron chi connectivity index (χ3n) is 2.63. The zero-order valence-electron chi connectivity index (χ0n) is 12.3. The Morgan fingerprint density at radius 3 is 2.29 bits per heavy atom. The van der Waals surface area contributed by atoms with Gasteiger partial charge in [0, 0.05) is 11.3 Å². The van der Waals surface area contributed by atoms with Crippen molar-refractivity contribution in [2.75, 3.05) is 0 Å². The smallest absolute Gasteiger partial charge is 0.277 e. The largest absolute Gasteiger partial charge is 0.416 e. The van der Waals surface area contributed by atoms with E-state index in [2.05, 4.69) is 16.8 Å². The van der Waals surface area contributed by atoms with Crippen molar-refractivity contribution >= 4 is 11.9 Å². The van der Waals surface area contributed by atoms with E-state index in [9.17, 15) is 18.0 Å². The van der Waals surface area contributed by atoms with Gasteiger partial charge in [0.05, 0.1) is 5.56 Å². The van der Waals surface area contributed by atoms with Crippen LogP contribution in [0.5, 0.6) is 0 Å². The van der Waals surface area contributed by atoms with Crippen molar-refractivity contribution in [1.29, 1.82) is 0 Å². The highest BCUT2D eigenvalue weighted by Gasteiger charge is 2.30. The van der Waals surface area contributed by atoms with Gasteiger partial charge in [-0.2, -0.15) is 22.8 Å². The number of Topliss-reactive ketones (excluding diaryl/α,β-unsaturated/α-hetero) is 1. The van der Waals surface area contributed by atoms with Gasteiger partial charge >= 0.3 is 12.3 Å². The molecule has 0 bridgehead atoms. The highest BCUT2D eigenvalue weighted by Crippen LogP contribution is 2.29. The van der Waals surface area contributed by atoms with E-state index in [-0.39, 0.29) is 17.4 Å². The van der Waals surface area contributed by atoms with E-state index in [0.717, 1.165) is 12.1 Å². The molecule has 0 fully saturated rings. The van der Waals surface area contributed by atoms with Crippen LogP contribution in [0.1, 0.15) is 27.3 Å². The number of hydrogen-bond donors (Lipinski definition) is 0. The third-order valence-corrected chi connectivity index (χ3v) is 2.63. The molecule has 0 aliphatic carbocycles. The van der Waals surface area contributed by atoms with Gasteiger partial charge in [-0.25, -0.2) is 4.98 Å². The van der Waals surface area contributed by atoms with Crippen molar-refractivity contribution in [2.24, 2.45) is 0 Å². The van der Waals surface area contributed by atoms with Gasteiger partial charge in [-0.1, -0.05) is 18.1 Å². The van der Waals surface area contributed by atoms with Crippen molar-refractivity contribution in [1.82, 2.24) is 4.98 Å². The number of rotatable bonds is 1. The quantitative estimate of drug-likeness (QED) is 0.594. The van der Waals surface area contributed by atoms with Crippen LogP contribution in [0.4, 0.5) is 13.2 Å². The van der Waals surface area contributed by atoms with Crippen LogP contribution in [-0.4, -0.2) is 16.9 Å². The van der Waals surface area contributed by atoms with Crippen molar-refractivity contribution in [2.45, 2.75) is 13.1 Å². The summed E-state index contributed by atoms with van der Waals surface area (Å²) in [6.45, 7) is 1.73. The molecule has 0 radical (unpaired) electrons. The maximum absolute atomic E-state index is 12.6. The van der Waals surface area contributed by atoms with Crippen molar-refractivity contribution in [3.8, 4) is 11.8 Å². The summed E-state index contributed by atoms with van der Waals surface area (Å²) in [5.74, 6) is 4.21. The predicted molar refractivity (Wildman–Crippen MR) is 76.6 cm³/mol. The lowest BCUT2D eigenvalue weighted by molar-refractivity contribution is -0.191. The molecule has 1 aromatic heterocycles. The van der Waals surface area contributed by atoms with Gasteiger partial charge in [-0.05, 0) is 43.2 Å². The average molecular weight is 333 g/mol. The van der Waals surface area contributed by atoms with Crippen LogP contribution >= 0.6 is 0 Å². The van der Waals surface area contributed by atoms with Crippen molar-refractivity contribution < 1.29 is 27.6 Å². The molecule has 0 aliphatic rings. The first-order chi connectivity index (χ1) is 11.3. The zero-order chi connectivity index (χ0) is 18.2. The standard InChI is InChI=1S/C16H10F3NO.CO2/c1-11-4-2-7-14(20-11)15(21)9-8-12-5-3-6-13(10-12)16(17,18)19;2-1-3/h2-7,10H,1H3;. The first-order valence-corrected chi connectivity index (χ1v) is 6.44. The fourth-order valence-electron chi connectivity index (χ4n) is 1.64. The first-order valence-electron chi connectivity index (χ1n) is 6.44. The summed E-state index contributed by atoms with van der Waals surface area (Å²) >= 11 is 0. The molecule has 0 saturated carbocycles. The van der Waals surface area contributed by atoms with Gasteiger partial charge in [0.2, 0.25) is 0 Å². The molecule has 0 unspecified atom stereocenters. The number of aryl methyl sites for hydroxylation is 1. The van der Waals surface area contributed by atoms with Crippen LogP contribution < -0.4 is 0 Å². The van der Waals surface area contributed by atoms with Gasteiger partial charge in [0.15, 0.2) is 0 Å². The number of carbonyl (C=O) groups is 1. The fraction of sp³-hybridized carbons (Fsp3) is 0.118. The number of benzene rings is 1. The molecule has 2 rings (SSSR count). The Hall–Kier alpha value is -3.23. The Morgan fingerprint density at radius 1 is 1.08 bits per heavy atom. The Bertz CT molecular complexity index is 827. The van der Waals surface area contributed by atoms with E-state index in [1.165, 1.54) is 18.2 Å². The minimum Gasteiger partial charge on any atom is -0.277 e. The molecule has 122 valence electrons. The molecule has 0 saturated heterocycles. The molecule has 0 spiro atoms. The number of ketones is 1. The molecule has 24 heavy (non-hydrogen) atoms. The summed E-state index contributed by atoms with van der Waals surface area (Å²) in [7, 11) is 0. The van der Waals surface area contributed by atoms with Crippen molar-refractivity contribution in [3.05, 3.63) is 65.0 Å². The highest BCUT2D eigenvalue weighted by molar-refractivity contribution is 6.08. The monoisotopic (exact) mass is 333 g/mol. The minimum absolute atomic E-state index is 0.130. The van der Waals surface area contributed by atoms with Gasteiger partial charge in [-0.3, -0.25) is 4.79 Å². The Balaban J connectivity index is 0.000000891. The van der Waals surface area contributed by atoms with Crippen LogP contribution in [0.25, 0.3) is 0 Å². The number of nitrogens with zero attached hydrogens (tertiary/aromatic N) is 1. The zero-order valence-corrected chi connectivity index (χ0v) is 12.3. The summed E-state index contributed by atoms with van der Waals surface area (Å²) < 4.78 is 37.7. The predicted octanol–water partition coefficient (Wildman–Crippen LogP) is 3.06. The second-order valence-corrected chi connectivity index (χ2v) is 4.41. The summed E-state index contributed by atoms with van der Waals surface area (Å²) in [6, 6.07) is 9.44. The van der Waals surface area contributed by atoms with E-state index in [1.807, 2.05) is 0 Å². The number of carbonyl (C=O) groups excluding carboxylic acids is 3. The SMILES string of the molecule is Cc1cccc(C(=O)C#Cc2cccc(C(F)(F)F)c2)n1.O=C=O. The van der Waals surface area contributed by atoms with Gasteiger partial charge < -0.3 is 0 Å². The molecule has 1 heterocycles. The van der Waals surface area contributed by atoms with Crippen molar-refractivity contribution in [3.63, 3.8) is 0 Å². The number of aromatic nitrogens is 1. The Morgan fingerprint density at radius 2 is 1.71 bits per heavy atom. The van der Waals surface area contributed by atoms with Crippen LogP contribution in [0.2, 0.25) is 0 Å². The lowest BCUT2D eigenvalue weighted by Gasteiger charge is -2.05. The topological polar surface area (TPSA) is 64.1 Å². The number of alkyl halides is 3. The second-order valence-electron chi connectivity index (χ2n) is 4.41. The molecule has 0 N–H and O–H groups in total. The molecule has 4 nitrogen and oxygen atoms in total. The normalized spacial score (nSPS) is 9.67. The van der Waals surface area contributed by atoms with Crippen LogP contribution in [0, 0.1) is 18.8 Å². The summed E-state index contributed by atoms with van der Waals surface area (Å²) in [5.41, 5.74) is 0.178. The summed E-state index contributed by atoms with van der Waals surface area (Å²) in [6.07, 6.45) is -4.18. The van der Waals surface area contributed by atoms with E-state index in [4.69, 9.17) is 9.59 Å². The molecule has 2 aromatic rings. The Labute approximate surface area is 135 Å². The molecule has 1 aromatic carbocycles. The molecule has 0 amide bonds. The first kappa shape index (κ1) is 18.8. The highest BCUT2D eigenvalue weighted by atomic mass is 19.4. The molecule has 0 atom stereocenters. The van der Waals surface area contributed by atoms with E-state index in [0.29, 0.717) is 5.69 Å². The summed E-state index contributed by atoms with van der Waals surface area (Å²) in [5, 5.41) is 0. The van der Waals surface area contributed by atoms with E-state index >= 15 is 0 Å². The summed E-state index contributed by atoms with van der Waals surface area (Å²) in [4.78, 5) is 32.1. The van der Waals surface area contributed by atoms with Gasteiger partial charge in [0.1, 0.15) is 5.69 Å². The lowest BCUT2D eigenvalue weighted by Crippen LogP contribution is -2.04. The Kier molecular flexibility index (Phi) is 6.60. The minimum atomic E-state index is -4.43. The third kappa shape index (κ3) is 5.87. The number of hydrogen-bond acceptors (Lipinski definition) is 4. The maximum atomic E-state index is 12.6. The van der Waals surface area contributed by atoms with Crippen LogP contribution in [0.3, 0.4) is 0 Å². The average Bonchev–Trinajstić information content (AvgIpc) is 2.53. The number of halogens is 3. The molecular formula is C17H10F3NO3. The lowest BCUT2D eigenvalue weighted by atomic mass is 10.1. The fourth-order valence-corrected chi connectivity index (χ4v) is 1.64. The second kappa shape index (κ2) is 8.42. The maximum Gasteiger partial charge on any atom is 0.416 e. The molecular weight excluding hydrogens is 323 g/mol. The molecule has 7 heteroatoms. The number of pyridine rings is 1. The molecule has 0 aliphatic heterocycles. The van der Waals surface area contributed by atoms with Gasteiger partial charge in [-0.15, -0.1) is 0 Å². The van der Waals surface area contributed by atoms with Crippen LogP contribution in [0.15, 0.2) is 42.5 Å². The van der Waals surface area contributed by atoms with Gasteiger partial charge in [0.25, 0.3) is 5.78 Å². The van der Waals surface area contributed by atoms with E-state index < -0.39 is 17.5 Å². The van der Waals surface area contributed by atoms with E-state index in [1.54, 1.807) is 19.1 Å².